The van der Waals surface area contributed by atoms with E-state index >= 15 is 0 Å². The summed E-state index contributed by atoms with van der Waals surface area (Å²) in [6.45, 7) is 1.19. The number of carbonyl (C=O) groups is 1. The van der Waals surface area contributed by atoms with E-state index in [1.54, 1.807) is 0 Å². The summed E-state index contributed by atoms with van der Waals surface area (Å²) in [5, 5.41) is 27.5. The first-order valence-corrected chi connectivity index (χ1v) is 4.64. The average molecular weight is 231 g/mol. The highest BCUT2D eigenvalue weighted by molar-refractivity contribution is 6.31. The van der Waals surface area contributed by atoms with Crippen LogP contribution in [-0.2, 0) is 11.2 Å². The van der Waals surface area contributed by atoms with Crippen LogP contribution in [0, 0.1) is 0 Å². The van der Waals surface area contributed by atoms with Gasteiger partial charge >= 0.3 is 5.97 Å². The van der Waals surface area contributed by atoms with Gasteiger partial charge in [0.1, 0.15) is 5.75 Å². The zero-order valence-corrected chi connectivity index (χ0v) is 8.82. The Morgan fingerprint density at radius 1 is 1.53 bits per heavy atom. The van der Waals surface area contributed by atoms with Crippen LogP contribution in [0.4, 0.5) is 0 Å². The van der Waals surface area contributed by atoms with Crippen LogP contribution in [0.5, 0.6) is 5.75 Å². The lowest BCUT2D eigenvalue weighted by Gasteiger charge is -2.18. The molecule has 0 heterocycles. The van der Waals surface area contributed by atoms with Crippen LogP contribution >= 0.6 is 11.6 Å². The molecular weight excluding hydrogens is 220 g/mol. The van der Waals surface area contributed by atoms with Crippen molar-refractivity contribution < 1.29 is 20.1 Å². The molecule has 1 rings (SSSR count). The molecule has 82 valence electrons. The number of rotatable bonds is 3. The van der Waals surface area contributed by atoms with Gasteiger partial charge in [-0.05, 0) is 24.6 Å². The Labute approximate surface area is 91.7 Å². The van der Waals surface area contributed by atoms with Crippen LogP contribution in [-0.4, -0.2) is 26.9 Å². The molecule has 0 fully saturated rings. The lowest BCUT2D eigenvalue weighted by molar-refractivity contribution is -0.156. The Morgan fingerprint density at radius 3 is 2.60 bits per heavy atom. The summed E-state index contributed by atoms with van der Waals surface area (Å²) in [4.78, 5) is 10.7. The van der Waals surface area contributed by atoms with Crippen LogP contribution < -0.4 is 0 Å². The van der Waals surface area contributed by atoms with Crippen molar-refractivity contribution in [1.29, 1.82) is 0 Å². The molecule has 1 atom stereocenters. The Hall–Kier alpha value is -1.26. The van der Waals surface area contributed by atoms with Crippen molar-refractivity contribution in [3.63, 3.8) is 0 Å². The van der Waals surface area contributed by atoms with Crippen LogP contribution in [0.15, 0.2) is 18.2 Å². The quantitative estimate of drug-likeness (QED) is 0.734. The van der Waals surface area contributed by atoms with Crippen LogP contribution in [0.2, 0.25) is 5.02 Å². The van der Waals surface area contributed by atoms with Crippen LogP contribution in [0.25, 0.3) is 0 Å². The molecule has 1 aromatic rings. The molecule has 5 heteroatoms. The third kappa shape index (κ3) is 2.84. The fourth-order valence-electron chi connectivity index (χ4n) is 1.13. The monoisotopic (exact) mass is 230 g/mol. The fourth-order valence-corrected chi connectivity index (χ4v) is 1.37. The molecule has 15 heavy (non-hydrogen) atoms. The van der Waals surface area contributed by atoms with E-state index in [2.05, 4.69) is 0 Å². The van der Waals surface area contributed by atoms with Crippen molar-refractivity contribution in [2.45, 2.75) is 18.9 Å². The van der Waals surface area contributed by atoms with E-state index in [0.29, 0.717) is 5.56 Å². The topological polar surface area (TPSA) is 77.8 Å². The largest absolute Gasteiger partial charge is 0.508 e. The summed E-state index contributed by atoms with van der Waals surface area (Å²) in [6, 6.07) is 4.17. The number of phenolic OH excluding ortho intramolecular Hbond substituents is 1. The third-order valence-electron chi connectivity index (χ3n) is 2.03. The van der Waals surface area contributed by atoms with Crippen molar-refractivity contribution in [3.05, 3.63) is 28.8 Å². The predicted octanol–water partition coefficient (Wildman–Crippen LogP) is 1.42. The maximum absolute atomic E-state index is 10.7. The van der Waals surface area contributed by atoms with Gasteiger partial charge in [-0.3, -0.25) is 0 Å². The Balaban J connectivity index is 2.95. The number of carboxylic acids is 1. The fraction of sp³-hybridized carbons (Fsp3) is 0.300. The van der Waals surface area contributed by atoms with Gasteiger partial charge in [0, 0.05) is 11.4 Å². The number of hydrogen-bond acceptors (Lipinski definition) is 3. The van der Waals surface area contributed by atoms with Gasteiger partial charge < -0.3 is 15.3 Å². The molecule has 1 aromatic carbocycles. The molecular formula is C10H11ClO4. The molecule has 0 amide bonds. The standard InChI is InChI=1S/C10H11ClO4/c1-10(15,9(13)14)5-6-2-3-7(12)4-8(6)11/h2-4,12,15H,5H2,1H3,(H,13,14). The zero-order chi connectivity index (χ0) is 11.6. The number of aliphatic carboxylic acids is 1. The van der Waals surface area contributed by atoms with Gasteiger partial charge in [0.05, 0.1) is 0 Å². The van der Waals surface area contributed by atoms with Gasteiger partial charge in [0.2, 0.25) is 0 Å². The third-order valence-corrected chi connectivity index (χ3v) is 2.38. The number of benzene rings is 1. The minimum atomic E-state index is -1.86. The highest BCUT2D eigenvalue weighted by Crippen LogP contribution is 2.25. The molecule has 0 aliphatic rings. The first-order valence-electron chi connectivity index (χ1n) is 4.26. The van der Waals surface area contributed by atoms with E-state index in [0.717, 1.165) is 0 Å². The molecule has 1 unspecified atom stereocenters. The molecule has 4 nitrogen and oxygen atoms in total. The molecule has 0 spiro atoms. The number of phenols is 1. The Kier molecular flexibility index (Phi) is 3.21. The van der Waals surface area contributed by atoms with Crippen LogP contribution in [0.1, 0.15) is 12.5 Å². The number of carboxylic acid groups (broad SMARTS) is 1. The van der Waals surface area contributed by atoms with Crippen LogP contribution in [0.3, 0.4) is 0 Å². The van der Waals surface area contributed by atoms with Gasteiger partial charge in [0.15, 0.2) is 5.60 Å². The second-order valence-electron chi connectivity index (χ2n) is 3.53. The molecule has 0 aliphatic carbocycles. The SMILES string of the molecule is CC(O)(Cc1ccc(O)cc1Cl)C(=O)O. The van der Waals surface area contributed by atoms with E-state index < -0.39 is 11.6 Å². The highest BCUT2D eigenvalue weighted by Gasteiger charge is 2.30. The molecule has 0 bridgehead atoms. The number of aliphatic hydroxyl groups is 1. The molecule has 0 saturated carbocycles. The van der Waals surface area contributed by atoms with Gasteiger partial charge in [0.25, 0.3) is 0 Å². The second-order valence-corrected chi connectivity index (χ2v) is 3.94. The molecule has 3 N–H and O–H groups in total. The lowest BCUT2D eigenvalue weighted by atomic mass is 9.97. The minimum Gasteiger partial charge on any atom is -0.508 e. The van der Waals surface area contributed by atoms with Gasteiger partial charge in [-0.1, -0.05) is 17.7 Å². The van der Waals surface area contributed by atoms with Gasteiger partial charge in [-0.25, -0.2) is 4.79 Å². The maximum atomic E-state index is 10.7. The summed E-state index contributed by atoms with van der Waals surface area (Å²) >= 11 is 5.78. The predicted molar refractivity (Wildman–Crippen MR) is 55.1 cm³/mol. The number of halogens is 1. The van der Waals surface area contributed by atoms with E-state index in [9.17, 15) is 9.90 Å². The van der Waals surface area contributed by atoms with Gasteiger partial charge in [-0.2, -0.15) is 0 Å². The van der Waals surface area contributed by atoms with E-state index in [4.69, 9.17) is 21.8 Å². The molecule has 0 aromatic heterocycles. The summed E-state index contributed by atoms with van der Waals surface area (Å²) in [6.07, 6.45) is -0.110. The normalized spacial score (nSPS) is 14.6. The smallest absolute Gasteiger partial charge is 0.335 e. The summed E-state index contributed by atoms with van der Waals surface area (Å²) < 4.78 is 0. The summed E-state index contributed by atoms with van der Waals surface area (Å²) in [5.41, 5.74) is -1.39. The van der Waals surface area contributed by atoms with Crippen molar-refractivity contribution >= 4 is 17.6 Å². The van der Waals surface area contributed by atoms with Crippen molar-refractivity contribution in [1.82, 2.24) is 0 Å². The van der Waals surface area contributed by atoms with Crippen molar-refractivity contribution in [2.24, 2.45) is 0 Å². The molecule has 0 saturated heterocycles. The maximum Gasteiger partial charge on any atom is 0.335 e. The van der Waals surface area contributed by atoms with E-state index in [1.165, 1.54) is 25.1 Å². The van der Waals surface area contributed by atoms with E-state index in [1.807, 2.05) is 0 Å². The molecule has 0 radical (unpaired) electrons. The number of hydrogen-bond donors (Lipinski definition) is 3. The van der Waals surface area contributed by atoms with E-state index in [-0.39, 0.29) is 17.2 Å². The number of aromatic hydroxyl groups is 1. The minimum absolute atomic E-state index is 0.00119. The summed E-state index contributed by atoms with van der Waals surface area (Å²) in [7, 11) is 0. The first kappa shape index (κ1) is 11.8. The first-order chi connectivity index (χ1) is 6.83. The van der Waals surface area contributed by atoms with Crippen molar-refractivity contribution in [2.75, 3.05) is 0 Å². The second kappa shape index (κ2) is 4.08. The Morgan fingerprint density at radius 2 is 2.13 bits per heavy atom. The lowest BCUT2D eigenvalue weighted by Crippen LogP contribution is -2.37. The molecule has 0 aliphatic heterocycles. The average Bonchev–Trinajstić information content (AvgIpc) is 2.09. The highest BCUT2D eigenvalue weighted by atomic mass is 35.5. The Bertz CT molecular complexity index is 387. The summed E-state index contributed by atoms with van der Waals surface area (Å²) in [5.74, 6) is -1.31. The zero-order valence-electron chi connectivity index (χ0n) is 8.07. The van der Waals surface area contributed by atoms with Gasteiger partial charge in [-0.15, -0.1) is 0 Å². The van der Waals surface area contributed by atoms with Crippen molar-refractivity contribution in [3.8, 4) is 5.75 Å².